The van der Waals surface area contributed by atoms with Gasteiger partial charge in [0, 0.05) is 12.8 Å². The molecule has 0 bridgehead atoms. The summed E-state index contributed by atoms with van der Waals surface area (Å²) in [6.45, 7) is 2.38. The summed E-state index contributed by atoms with van der Waals surface area (Å²) in [6, 6.07) is 0. The molecule has 114 valence electrons. The van der Waals surface area contributed by atoms with Gasteiger partial charge in [-0.1, -0.05) is 50.5 Å². The minimum atomic E-state index is -1.07. The first kappa shape index (κ1) is 16.5. The van der Waals surface area contributed by atoms with Crippen molar-refractivity contribution < 1.29 is 24.0 Å². The van der Waals surface area contributed by atoms with Crippen molar-refractivity contribution in [2.45, 2.75) is 58.3 Å². The molecule has 6 nitrogen and oxygen atoms in total. The van der Waals surface area contributed by atoms with E-state index in [2.05, 4.69) is 16.5 Å². The zero-order valence-electron chi connectivity index (χ0n) is 12.2. The van der Waals surface area contributed by atoms with Gasteiger partial charge in [-0.2, -0.15) is 0 Å². The first-order valence-corrected chi connectivity index (χ1v) is 7.16. The van der Waals surface area contributed by atoms with Crippen LogP contribution in [0.25, 0.3) is 0 Å². The number of ether oxygens (including phenoxy) is 1. The van der Waals surface area contributed by atoms with Crippen molar-refractivity contribution in [3.05, 3.63) is 0 Å². The molecular formula is C14H23NO5. The van der Waals surface area contributed by atoms with Gasteiger partial charge in [-0.3, -0.25) is 14.4 Å². The van der Waals surface area contributed by atoms with Gasteiger partial charge >= 0.3 is 6.16 Å². The van der Waals surface area contributed by atoms with Crippen LogP contribution in [0.5, 0.6) is 0 Å². The molecular weight excluding hydrogens is 262 g/mol. The molecule has 2 fully saturated rings. The molecule has 2 aliphatic rings. The van der Waals surface area contributed by atoms with Crippen LogP contribution in [-0.4, -0.2) is 30.1 Å². The number of carbonyl (C=O) groups is 3. The molecule has 0 aromatic heterocycles. The summed E-state index contributed by atoms with van der Waals surface area (Å²) in [5.41, 5.74) is 0. The molecule has 1 saturated heterocycles. The Labute approximate surface area is 119 Å². The van der Waals surface area contributed by atoms with Crippen LogP contribution in [-0.2, 0) is 19.2 Å². The number of imide groups is 1. The van der Waals surface area contributed by atoms with Crippen molar-refractivity contribution in [3.8, 4) is 0 Å². The van der Waals surface area contributed by atoms with E-state index in [-0.39, 0.29) is 12.8 Å². The Hall–Kier alpha value is -1.59. The fraction of sp³-hybridized carbons (Fsp3) is 0.786. The van der Waals surface area contributed by atoms with Crippen LogP contribution in [0.2, 0.25) is 0 Å². The first-order valence-electron chi connectivity index (χ1n) is 7.16. The standard InChI is InChI=1S/C8H16.C6H7NO5/c1-8-6-4-2-3-5-7-8;1-11-6(10)12-7-4(8)2-3-5(7)9/h8H,2-7H2,1H3;2-3H2,1H3. The Morgan fingerprint density at radius 2 is 1.55 bits per heavy atom. The molecule has 0 atom stereocenters. The summed E-state index contributed by atoms with van der Waals surface area (Å²) in [6.07, 6.45) is 8.02. The van der Waals surface area contributed by atoms with Crippen molar-refractivity contribution >= 4 is 18.0 Å². The van der Waals surface area contributed by atoms with E-state index < -0.39 is 18.0 Å². The minimum absolute atomic E-state index is 0.0792. The van der Waals surface area contributed by atoms with E-state index in [4.69, 9.17) is 0 Å². The van der Waals surface area contributed by atoms with Crippen molar-refractivity contribution in [1.29, 1.82) is 0 Å². The van der Waals surface area contributed by atoms with Gasteiger partial charge in [-0.25, -0.2) is 4.79 Å². The summed E-state index contributed by atoms with van der Waals surface area (Å²) < 4.78 is 4.10. The van der Waals surface area contributed by atoms with Gasteiger partial charge in [-0.15, -0.1) is 0 Å². The average molecular weight is 285 g/mol. The fourth-order valence-corrected chi connectivity index (χ4v) is 2.25. The number of methoxy groups -OCH3 is 1. The van der Waals surface area contributed by atoms with E-state index in [9.17, 15) is 14.4 Å². The van der Waals surface area contributed by atoms with Crippen LogP contribution in [0.4, 0.5) is 4.79 Å². The maximum atomic E-state index is 10.8. The van der Waals surface area contributed by atoms with Gasteiger partial charge in [0.1, 0.15) is 0 Å². The second-order valence-electron chi connectivity index (χ2n) is 5.22. The molecule has 0 aromatic carbocycles. The molecule has 2 rings (SSSR count). The van der Waals surface area contributed by atoms with E-state index >= 15 is 0 Å². The quantitative estimate of drug-likeness (QED) is 0.421. The topological polar surface area (TPSA) is 72.9 Å². The van der Waals surface area contributed by atoms with E-state index in [0.717, 1.165) is 13.0 Å². The highest BCUT2D eigenvalue weighted by atomic mass is 16.8. The van der Waals surface area contributed by atoms with Crippen molar-refractivity contribution in [1.82, 2.24) is 5.06 Å². The van der Waals surface area contributed by atoms with E-state index in [1.807, 2.05) is 0 Å². The molecule has 6 heteroatoms. The summed E-state index contributed by atoms with van der Waals surface area (Å²) in [5, 5.41) is 0.422. The van der Waals surface area contributed by atoms with Gasteiger partial charge in [0.2, 0.25) is 0 Å². The number of hydrogen-bond acceptors (Lipinski definition) is 5. The summed E-state index contributed by atoms with van der Waals surface area (Å²) in [4.78, 5) is 36.3. The Kier molecular flexibility index (Phi) is 7.04. The van der Waals surface area contributed by atoms with Crippen molar-refractivity contribution in [2.24, 2.45) is 5.92 Å². The molecule has 0 aromatic rings. The van der Waals surface area contributed by atoms with Gasteiger partial charge in [0.15, 0.2) is 0 Å². The van der Waals surface area contributed by atoms with E-state index in [1.54, 1.807) is 0 Å². The molecule has 1 heterocycles. The summed E-state index contributed by atoms with van der Waals surface area (Å²) in [5.74, 6) is -0.0201. The Bertz CT molecular complexity index is 331. The summed E-state index contributed by atoms with van der Waals surface area (Å²) in [7, 11) is 1.09. The van der Waals surface area contributed by atoms with Crippen molar-refractivity contribution in [3.63, 3.8) is 0 Å². The summed E-state index contributed by atoms with van der Waals surface area (Å²) >= 11 is 0. The lowest BCUT2D eigenvalue weighted by Gasteiger charge is -2.10. The number of hydrogen-bond donors (Lipinski definition) is 0. The molecule has 0 radical (unpaired) electrons. The fourth-order valence-electron chi connectivity index (χ4n) is 2.25. The zero-order valence-corrected chi connectivity index (χ0v) is 12.2. The Morgan fingerprint density at radius 3 is 2.00 bits per heavy atom. The number of carbonyl (C=O) groups excluding carboxylic acids is 3. The molecule has 1 aliphatic heterocycles. The number of hydroxylamine groups is 2. The minimum Gasteiger partial charge on any atom is -0.436 e. The van der Waals surface area contributed by atoms with Crippen LogP contribution in [0, 0.1) is 5.92 Å². The third-order valence-corrected chi connectivity index (χ3v) is 3.48. The molecule has 0 N–H and O–H groups in total. The molecule has 1 aliphatic carbocycles. The van der Waals surface area contributed by atoms with Gasteiger partial charge in [0.05, 0.1) is 7.11 Å². The van der Waals surface area contributed by atoms with Crippen LogP contribution < -0.4 is 0 Å². The SMILES string of the molecule is CC1CCCCCC1.COC(=O)ON1C(=O)CCC1=O. The smallest absolute Gasteiger partial charge is 0.436 e. The van der Waals surface area contributed by atoms with Crippen LogP contribution >= 0.6 is 0 Å². The third-order valence-electron chi connectivity index (χ3n) is 3.48. The number of amides is 2. The Morgan fingerprint density at radius 1 is 1.05 bits per heavy atom. The van der Waals surface area contributed by atoms with Crippen molar-refractivity contribution in [2.75, 3.05) is 7.11 Å². The Balaban J connectivity index is 0.000000217. The van der Waals surface area contributed by atoms with Crippen LogP contribution in [0.3, 0.4) is 0 Å². The lowest BCUT2D eigenvalue weighted by atomic mass is 10.0. The lowest BCUT2D eigenvalue weighted by molar-refractivity contribution is -0.176. The van der Waals surface area contributed by atoms with E-state index in [1.165, 1.54) is 38.5 Å². The molecule has 2 amide bonds. The highest BCUT2D eigenvalue weighted by Gasteiger charge is 2.33. The lowest BCUT2D eigenvalue weighted by Crippen LogP contribution is -2.31. The third kappa shape index (κ3) is 5.59. The maximum Gasteiger partial charge on any atom is 0.533 e. The molecule has 1 saturated carbocycles. The molecule has 20 heavy (non-hydrogen) atoms. The van der Waals surface area contributed by atoms with E-state index in [0.29, 0.717) is 5.06 Å². The van der Waals surface area contributed by atoms with Crippen LogP contribution in [0.1, 0.15) is 58.3 Å². The van der Waals surface area contributed by atoms with Crippen LogP contribution in [0.15, 0.2) is 0 Å². The average Bonchev–Trinajstić information content (AvgIpc) is 2.64. The second kappa shape index (κ2) is 8.55. The monoisotopic (exact) mass is 285 g/mol. The largest absolute Gasteiger partial charge is 0.533 e. The number of rotatable bonds is 1. The van der Waals surface area contributed by atoms with Gasteiger partial charge in [-0.05, 0) is 5.92 Å². The second-order valence-corrected chi connectivity index (χ2v) is 5.22. The maximum absolute atomic E-state index is 10.8. The zero-order chi connectivity index (χ0) is 15.0. The molecule has 0 spiro atoms. The highest BCUT2D eigenvalue weighted by Crippen LogP contribution is 2.21. The van der Waals surface area contributed by atoms with Gasteiger partial charge in [0.25, 0.3) is 11.8 Å². The molecule has 0 unspecified atom stereocenters. The predicted octanol–water partition coefficient (Wildman–Crippen LogP) is 2.81. The highest BCUT2D eigenvalue weighted by molar-refractivity contribution is 6.01. The number of nitrogens with zero attached hydrogens (tertiary/aromatic N) is 1. The van der Waals surface area contributed by atoms with Gasteiger partial charge < -0.3 is 4.74 Å². The normalized spacial score (nSPS) is 20.0. The first-order chi connectivity index (χ1) is 9.54. The predicted molar refractivity (Wildman–Crippen MR) is 71.4 cm³/mol.